The zero-order valence-corrected chi connectivity index (χ0v) is 18.2. The van der Waals surface area contributed by atoms with Crippen LogP contribution < -0.4 is 20.1 Å². The summed E-state index contributed by atoms with van der Waals surface area (Å²) >= 11 is 0.396. The minimum absolute atomic E-state index is 0.172. The lowest BCUT2D eigenvalue weighted by atomic mass is 10.1. The van der Waals surface area contributed by atoms with Crippen LogP contribution in [0, 0.1) is 11.3 Å². The number of halogens is 2. The molecule has 168 valence electrons. The largest absolute Gasteiger partial charge is 0.493 e. The molecule has 2 rings (SSSR count). The maximum absolute atomic E-state index is 12.4. The van der Waals surface area contributed by atoms with Crippen LogP contribution in [0.1, 0.15) is 12.5 Å². The summed E-state index contributed by atoms with van der Waals surface area (Å²) in [4.78, 5) is 24.4. The van der Waals surface area contributed by atoms with Crippen LogP contribution in [0.3, 0.4) is 0 Å². The zero-order valence-electron chi connectivity index (χ0n) is 17.4. The summed E-state index contributed by atoms with van der Waals surface area (Å²) in [6.07, 6.45) is 1.37. The van der Waals surface area contributed by atoms with Gasteiger partial charge >= 0.3 is 0 Å². The molecule has 0 atom stereocenters. The third-order valence-corrected chi connectivity index (χ3v) is 4.66. The van der Waals surface area contributed by atoms with Gasteiger partial charge in [0.25, 0.3) is 17.6 Å². The number of nitrogens with one attached hydrogen (secondary N) is 2. The quantitative estimate of drug-likeness (QED) is 0.314. The van der Waals surface area contributed by atoms with Gasteiger partial charge in [0.1, 0.15) is 11.6 Å². The summed E-state index contributed by atoms with van der Waals surface area (Å²) in [5.41, 5.74) is 0.693. The molecule has 7 nitrogen and oxygen atoms in total. The smallest absolute Gasteiger partial charge is 0.288 e. The van der Waals surface area contributed by atoms with Gasteiger partial charge in [0.05, 0.1) is 7.11 Å². The van der Waals surface area contributed by atoms with E-state index in [4.69, 9.17) is 9.47 Å². The fraction of sp³-hybridized carbons (Fsp3) is 0.227. The number of nitrogens with zero attached hydrogens (tertiary/aromatic N) is 1. The van der Waals surface area contributed by atoms with E-state index in [2.05, 4.69) is 10.6 Å². The Labute approximate surface area is 188 Å². The fourth-order valence-electron chi connectivity index (χ4n) is 2.52. The topological polar surface area (TPSA) is 100 Å². The van der Waals surface area contributed by atoms with Crippen molar-refractivity contribution in [3.05, 3.63) is 53.6 Å². The van der Waals surface area contributed by atoms with Gasteiger partial charge in [-0.25, -0.2) is 0 Å². The fourth-order valence-corrected chi connectivity index (χ4v) is 3.02. The first-order valence-electron chi connectivity index (χ1n) is 9.41. The van der Waals surface area contributed by atoms with Gasteiger partial charge in [-0.2, -0.15) is 14.0 Å². The molecular weight excluding hydrogens is 440 g/mol. The standard InChI is InChI=1S/C22H21F2N3O4S/c1-3-26-20(28)13-31-18-9-4-14(11-19(18)30-2)10-15(12-25)21(29)27-16-5-7-17(8-6-16)32-22(23)24/h4-11,22H,3,13H2,1-2H3,(H,26,28)(H,27,29)/b15-10+. The Morgan fingerprint density at radius 2 is 1.91 bits per heavy atom. The van der Waals surface area contributed by atoms with Crippen molar-refractivity contribution in [1.29, 1.82) is 5.26 Å². The first-order chi connectivity index (χ1) is 15.4. The summed E-state index contributed by atoms with van der Waals surface area (Å²) < 4.78 is 35.5. The molecule has 0 heterocycles. The molecule has 2 N–H and O–H groups in total. The van der Waals surface area contributed by atoms with E-state index in [0.29, 0.717) is 46.0 Å². The van der Waals surface area contributed by atoms with E-state index < -0.39 is 11.7 Å². The van der Waals surface area contributed by atoms with Crippen molar-refractivity contribution in [2.75, 3.05) is 25.6 Å². The highest BCUT2D eigenvalue weighted by Gasteiger charge is 2.12. The molecule has 2 amide bonds. The van der Waals surface area contributed by atoms with E-state index in [1.54, 1.807) is 25.1 Å². The van der Waals surface area contributed by atoms with Crippen LogP contribution in [-0.4, -0.2) is 37.8 Å². The number of carbonyl (C=O) groups excluding carboxylic acids is 2. The second kappa shape index (κ2) is 12.3. The lowest BCUT2D eigenvalue weighted by Gasteiger charge is -2.11. The molecule has 0 aliphatic heterocycles. The van der Waals surface area contributed by atoms with E-state index in [-0.39, 0.29) is 18.1 Å². The van der Waals surface area contributed by atoms with Crippen LogP contribution in [0.4, 0.5) is 14.5 Å². The molecule has 0 saturated carbocycles. The SMILES string of the molecule is CCNC(=O)COc1ccc(/C=C(\C#N)C(=O)Nc2ccc(SC(F)F)cc2)cc1OC. The molecule has 0 fully saturated rings. The number of nitriles is 1. The van der Waals surface area contributed by atoms with Crippen LogP contribution in [-0.2, 0) is 9.59 Å². The van der Waals surface area contributed by atoms with E-state index in [9.17, 15) is 23.6 Å². The van der Waals surface area contributed by atoms with Gasteiger partial charge in [0, 0.05) is 17.1 Å². The number of amides is 2. The second-order valence-corrected chi connectivity index (χ2v) is 7.24. The molecule has 2 aromatic carbocycles. The Morgan fingerprint density at radius 3 is 2.50 bits per heavy atom. The van der Waals surface area contributed by atoms with Crippen molar-refractivity contribution in [3.63, 3.8) is 0 Å². The lowest BCUT2D eigenvalue weighted by molar-refractivity contribution is -0.123. The van der Waals surface area contributed by atoms with Crippen LogP contribution >= 0.6 is 11.8 Å². The van der Waals surface area contributed by atoms with Crippen molar-refractivity contribution < 1.29 is 27.8 Å². The van der Waals surface area contributed by atoms with E-state index in [1.165, 1.54) is 37.5 Å². The van der Waals surface area contributed by atoms with Gasteiger partial charge in [0.2, 0.25) is 0 Å². The van der Waals surface area contributed by atoms with Crippen molar-refractivity contribution in [3.8, 4) is 17.6 Å². The number of methoxy groups -OCH3 is 1. The number of carbonyl (C=O) groups is 2. The minimum atomic E-state index is -2.54. The number of ether oxygens (including phenoxy) is 2. The molecule has 0 radical (unpaired) electrons. The summed E-state index contributed by atoms with van der Waals surface area (Å²) in [6.45, 7) is 2.10. The molecule has 0 aliphatic rings. The molecule has 32 heavy (non-hydrogen) atoms. The van der Waals surface area contributed by atoms with Gasteiger partial charge in [-0.05, 0) is 55.0 Å². The molecule has 0 aromatic heterocycles. The minimum Gasteiger partial charge on any atom is -0.493 e. The summed E-state index contributed by atoms with van der Waals surface area (Å²) in [5, 5.41) is 14.6. The second-order valence-electron chi connectivity index (χ2n) is 6.18. The molecule has 0 spiro atoms. The average Bonchev–Trinajstić information content (AvgIpc) is 2.77. The van der Waals surface area contributed by atoms with Crippen molar-refractivity contribution in [2.24, 2.45) is 0 Å². The van der Waals surface area contributed by atoms with Crippen LogP contribution in [0.2, 0.25) is 0 Å². The van der Waals surface area contributed by atoms with Crippen LogP contribution in [0.15, 0.2) is 52.9 Å². The molecule has 2 aromatic rings. The Morgan fingerprint density at radius 1 is 1.19 bits per heavy atom. The van der Waals surface area contributed by atoms with Gasteiger partial charge in [-0.3, -0.25) is 9.59 Å². The van der Waals surface area contributed by atoms with E-state index in [0.717, 1.165) is 0 Å². The van der Waals surface area contributed by atoms with Crippen molar-refractivity contribution in [1.82, 2.24) is 5.32 Å². The number of hydrogen-bond acceptors (Lipinski definition) is 6. The predicted molar refractivity (Wildman–Crippen MR) is 118 cm³/mol. The molecule has 10 heteroatoms. The summed E-state index contributed by atoms with van der Waals surface area (Å²) in [7, 11) is 1.43. The Kier molecular flexibility index (Phi) is 9.50. The third kappa shape index (κ3) is 7.59. The highest BCUT2D eigenvalue weighted by Crippen LogP contribution is 2.29. The highest BCUT2D eigenvalue weighted by molar-refractivity contribution is 7.99. The molecular formula is C22H21F2N3O4S. The number of likely N-dealkylation sites (N-methyl/N-ethyl adjacent to an activating group) is 1. The summed E-state index contributed by atoms with van der Waals surface area (Å²) in [6, 6.07) is 12.4. The molecule has 0 saturated heterocycles. The van der Waals surface area contributed by atoms with Gasteiger partial charge < -0.3 is 20.1 Å². The maximum Gasteiger partial charge on any atom is 0.288 e. The first-order valence-corrected chi connectivity index (χ1v) is 10.3. The zero-order chi connectivity index (χ0) is 23.5. The first kappa shape index (κ1) is 24.7. The third-order valence-electron chi connectivity index (χ3n) is 3.93. The molecule has 0 bridgehead atoms. The summed E-state index contributed by atoms with van der Waals surface area (Å²) in [5.74, 6) is -2.81. The van der Waals surface area contributed by atoms with Crippen molar-refractivity contribution in [2.45, 2.75) is 17.6 Å². The van der Waals surface area contributed by atoms with Crippen LogP contribution in [0.25, 0.3) is 6.08 Å². The van der Waals surface area contributed by atoms with Crippen LogP contribution in [0.5, 0.6) is 11.5 Å². The molecule has 0 aliphatic carbocycles. The Hall–Kier alpha value is -3.58. The number of benzene rings is 2. The lowest BCUT2D eigenvalue weighted by Crippen LogP contribution is -2.28. The number of rotatable bonds is 10. The monoisotopic (exact) mass is 461 g/mol. The van der Waals surface area contributed by atoms with Gasteiger partial charge in [-0.1, -0.05) is 17.8 Å². The predicted octanol–water partition coefficient (Wildman–Crippen LogP) is 4.07. The van der Waals surface area contributed by atoms with Gasteiger partial charge in [0.15, 0.2) is 18.1 Å². The number of alkyl halides is 2. The number of thioether (sulfide) groups is 1. The van der Waals surface area contributed by atoms with E-state index in [1.807, 2.05) is 6.07 Å². The van der Waals surface area contributed by atoms with Crippen molar-refractivity contribution >= 4 is 35.3 Å². The van der Waals surface area contributed by atoms with E-state index >= 15 is 0 Å². The Balaban J connectivity index is 2.11. The average molecular weight is 461 g/mol. The highest BCUT2D eigenvalue weighted by atomic mass is 32.2. The van der Waals surface area contributed by atoms with Gasteiger partial charge in [-0.15, -0.1) is 0 Å². The Bertz CT molecular complexity index is 1020. The molecule has 0 unspecified atom stereocenters. The number of hydrogen-bond donors (Lipinski definition) is 2. The number of anilines is 1. The normalized spacial score (nSPS) is 10.9. The maximum atomic E-state index is 12.4.